The summed E-state index contributed by atoms with van der Waals surface area (Å²) < 4.78 is 10.8. The van der Waals surface area contributed by atoms with Crippen LogP contribution in [0.4, 0.5) is 0 Å². The Morgan fingerprint density at radius 3 is 2.96 bits per heavy atom. The number of rotatable bonds is 5. The molecule has 1 saturated heterocycles. The number of nitrogens with zero attached hydrogens (tertiary/aromatic N) is 2. The van der Waals surface area contributed by atoms with Crippen LogP contribution in [-0.2, 0) is 16.0 Å². The van der Waals surface area contributed by atoms with E-state index in [1.807, 2.05) is 24.3 Å². The molecule has 1 fully saturated rings. The van der Waals surface area contributed by atoms with Crippen molar-refractivity contribution in [3.05, 3.63) is 52.7 Å². The van der Waals surface area contributed by atoms with Crippen LogP contribution in [-0.4, -0.2) is 36.1 Å². The van der Waals surface area contributed by atoms with Gasteiger partial charge in [-0.25, -0.2) is 4.98 Å². The summed E-state index contributed by atoms with van der Waals surface area (Å²) in [4.78, 5) is 18.2. The van der Waals surface area contributed by atoms with Gasteiger partial charge in [0.1, 0.15) is 18.4 Å². The summed E-state index contributed by atoms with van der Waals surface area (Å²) in [5.74, 6) is 1.37. The number of halogens is 1. The van der Waals surface area contributed by atoms with E-state index in [0.717, 1.165) is 30.7 Å². The number of carbonyl (C=O) groups excluding carboxylic acids is 1. The summed E-state index contributed by atoms with van der Waals surface area (Å²) >= 11 is 5.89. The van der Waals surface area contributed by atoms with Crippen LogP contribution < -0.4 is 0 Å². The zero-order chi connectivity index (χ0) is 16.2. The topological polar surface area (TPSA) is 55.6 Å². The summed E-state index contributed by atoms with van der Waals surface area (Å²) in [6, 6.07) is 7.56. The third kappa shape index (κ3) is 3.74. The fourth-order valence-electron chi connectivity index (χ4n) is 2.89. The fourth-order valence-corrected chi connectivity index (χ4v) is 3.02. The summed E-state index contributed by atoms with van der Waals surface area (Å²) in [6.45, 7) is 0.816. The van der Waals surface area contributed by atoms with E-state index >= 15 is 0 Å². The maximum absolute atomic E-state index is 12.1. The number of aromatic nitrogens is 1. The molecule has 1 aromatic heterocycles. The van der Waals surface area contributed by atoms with Gasteiger partial charge in [-0.3, -0.25) is 4.79 Å². The highest BCUT2D eigenvalue weighted by molar-refractivity contribution is 6.30. The highest BCUT2D eigenvalue weighted by Crippen LogP contribution is 2.32. The minimum atomic E-state index is -0.0865. The number of likely N-dealkylation sites (tertiary alicyclic amines) is 1. The SMILES string of the molecule is COCC(=O)N1CCC[C@@H]1c1ncc(Cc2ccc(Cl)cc2)o1. The van der Waals surface area contributed by atoms with E-state index in [-0.39, 0.29) is 18.6 Å². The molecule has 1 aliphatic heterocycles. The molecule has 1 aromatic carbocycles. The summed E-state index contributed by atoms with van der Waals surface area (Å²) in [5.41, 5.74) is 1.11. The van der Waals surface area contributed by atoms with Gasteiger partial charge in [0.05, 0.1) is 6.20 Å². The van der Waals surface area contributed by atoms with Gasteiger partial charge in [-0.05, 0) is 30.5 Å². The molecule has 0 spiro atoms. The van der Waals surface area contributed by atoms with E-state index in [1.165, 1.54) is 7.11 Å². The highest BCUT2D eigenvalue weighted by Gasteiger charge is 2.33. The monoisotopic (exact) mass is 334 g/mol. The molecule has 3 rings (SSSR count). The van der Waals surface area contributed by atoms with Crippen LogP contribution in [0.15, 0.2) is 34.9 Å². The van der Waals surface area contributed by atoms with Crippen molar-refractivity contribution >= 4 is 17.5 Å². The van der Waals surface area contributed by atoms with E-state index in [1.54, 1.807) is 11.1 Å². The minimum absolute atomic E-state index is 0.0209. The van der Waals surface area contributed by atoms with E-state index in [4.69, 9.17) is 20.8 Å². The lowest BCUT2D eigenvalue weighted by atomic mass is 10.1. The summed E-state index contributed by atoms with van der Waals surface area (Å²) in [6.07, 6.45) is 4.22. The molecule has 0 N–H and O–H groups in total. The van der Waals surface area contributed by atoms with Gasteiger partial charge in [0.25, 0.3) is 0 Å². The maximum Gasteiger partial charge on any atom is 0.249 e. The molecule has 0 bridgehead atoms. The summed E-state index contributed by atoms with van der Waals surface area (Å²) in [5, 5.41) is 0.713. The average Bonchev–Trinajstić information content (AvgIpc) is 3.18. The molecular weight excluding hydrogens is 316 g/mol. The number of ether oxygens (including phenoxy) is 1. The lowest BCUT2D eigenvalue weighted by Crippen LogP contribution is -2.33. The molecule has 1 atom stereocenters. The quantitative estimate of drug-likeness (QED) is 0.842. The Bertz CT molecular complexity index is 669. The number of oxazole rings is 1. The molecule has 1 amide bonds. The Kier molecular flexibility index (Phi) is 4.98. The van der Waals surface area contributed by atoms with Crippen molar-refractivity contribution in [2.24, 2.45) is 0 Å². The molecule has 23 heavy (non-hydrogen) atoms. The van der Waals surface area contributed by atoms with Crippen molar-refractivity contribution < 1.29 is 13.9 Å². The van der Waals surface area contributed by atoms with Crippen molar-refractivity contribution in [1.29, 1.82) is 0 Å². The van der Waals surface area contributed by atoms with Gasteiger partial charge in [0.2, 0.25) is 11.8 Å². The first kappa shape index (κ1) is 16.0. The van der Waals surface area contributed by atoms with Crippen molar-refractivity contribution in [1.82, 2.24) is 9.88 Å². The van der Waals surface area contributed by atoms with Crippen LogP contribution in [0.2, 0.25) is 5.02 Å². The Balaban J connectivity index is 1.70. The molecule has 2 aromatic rings. The highest BCUT2D eigenvalue weighted by atomic mass is 35.5. The first-order chi connectivity index (χ1) is 11.2. The zero-order valence-electron chi connectivity index (χ0n) is 13.0. The van der Waals surface area contributed by atoms with Gasteiger partial charge in [-0.15, -0.1) is 0 Å². The van der Waals surface area contributed by atoms with Crippen molar-refractivity contribution in [2.45, 2.75) is 25.3 Å². The molecule has 2 heterocycles. The Morgan fingerprint density at radius 1 is 1.43 bits per heavy atom. The standard InChI is InChI=1S/C17H19ClN2O3/c1-22-11-16(21)20-8-2-3-15(20)17-19-10-14(23-17)9-12-4-6-13(18)7-5-12/h4-7,10,15H,2-3,8-9,11H2,1H3/t15-/m1/s1. The van der Waals surface area contributed by atoms with Crippen molar-refractivity contribution in [3.8, 4) is 0 Å². The second-order valence-corrected chi connectivity index (χ2v) is 6.08. The van der Waals surface area contributed by atoms with Crippen LogP contribution >= 0.6 is 11.6 Å². The molecule has 5 nitrogen and oxygen atoms in total. The second kappa shape index (κ2) is 7.15. The smallest absolute Gasteiger partial charge is 0.249 e. The summed E-state index contributed by atoms with van der Waals surface area (Å²) in [7, 11) is 1.53. The predicted octanol–water partition coefficient (Wildman–Crippen LogP) is 3.23. The van der Waals surface area contributed by atoms with Gasteiger partial charge in [-0.1, -0.05) is 23.7 Å². The number of hydrogen-bond donors (Lipinski definition) is 0. The molecule has 122 valence electrons. The van der Waals surface area contributed by atoms with Gasteiger partial charge < -0.3 is 14.1 Å². The normalized spacial score (nSPS) is 17.7. The Morgan fingerprint density at radius 2 is 2.22 bits per heavy atom. The van der Waals surface area contributed by atoms with Crippen molar-refractivity contribution in [2.75, 3.05) is 20.3 Å². The third-order valence-corrected chi connectivity index (χ3v) is 4.24. The van der Waals surface area contributed by atoms with Crippen LogP contribution in [0.1, 0.15) is 36.1 Å². The number of benzene rings is 1. The van der Waals surface area contributed by atoms with E-state index in [2.05, 4.69) is 4.98 Å². The number of carbonyl (C=O) groups is 1. The lowest BCUT2D eigenvalue weighted by Gasteiger charge is -2.21. The molecule has 0 saturated carbocycles. The zero-order valence-corrected chi connectivity index (χ0v) is 13.8. The average molecular weight is 335 g/mol. The van der Waals surface area contributed by atoms with E-state index in [0.29, 0.717) is 17.3 Å². The fraction of sp³-hybridized carbons (Fsp3) is 0.412. The Hall–Kier alpha value is -1.85. The first-order valence-electron chi connectivity index (χ1n) is 7.65. The van der Waals surface area contributed by atoms with Gasteiger partial charge in [-0.2, -0.15) is 0 Å². The first-order valence-corrected chi connectivity index (χ1v) is 8.02. The molecule has 0 radical (unpaired) electrons. The van der Waals surface area contributed by atoms with Crippen molar-refractivity contribution in [3.63, 3.8) is 0 Å². The molecule has 0 aliphatic carbocycles. The lowest BCUT2D eigenvalue weighted by molar-refractivity contribution is -0.136. The molecule has 0 unspecified atom stereocenters. The Labute approximate surface area is 140 Å². The van der Waals surface area contributed by atoms with Crippen LogP contribution in [0.3, 0.4) is 0 Å². The van der Waals surface area contributed by atoms with Crippen LogP contribution in [0.5, 0.6) is 0 Å². The molecular formula is C17H19ClN2O3. The number of methoxy groups -OCH3 is 1. The minimum Gasteiger partial charge on any atom is -0.443 e. The van der Waals surface area contributed by atoms with Crippen LogP contribution in [0.25, 0.3) is 0 Å². The van der Waals surface area contributed by atoms with Crippen LogP contribution in [0, 0.1) is 0 Å². The van der Waals surface area contributed by atoms with Gasteiger partial charge in [0.15, 0.2) is 0 Å². The number of hydrogen-bond acceptors (Lipinski definition) is 4. The maximum atomic E-state index is 12.1. The predicted molar refractivity (Wildman–Crippen MR) is 86.3 cm³/mol. The second-order valence-electron chi connectivity index (χ2n) is 5.65. The largest absolute Gasteiger partial charge is 0.443 e. The van der Waals surface area contributed by atoms with Gasteiger partial charge in [0, 0.05) is 25.1 Å². The van der Waals surface area contributed by atoms with E-state index in [9.17, 15) is 4.79 Å². The third-order valence-electron chi connectivity index (χ3n) is 3.99. The molecule has 1 aliphatic rings. The molecule has 6 heteroatoms. The van der Waals surface area contributed by atoms with Gasteiger partial charge >= 0.3 is 0 Å². The number of amides is 1. The van der Waals surface area contributed by atoms with E-state index < -0.39 is 0 Å².